The summed E-state index contributed by atoms with van der Waals surface area (Å²) in [6, 6.07) is 15.6. The molecule has 2 aromatic carbocycles. The van der Waals surface area contributed by atoms with Gasteiger partial charge in [-0.05, 0) is 44.0 Å². The third kappa shape index (κ3) is 5.61. The minimum absolute atomic E-state index is 0.0150. The number of aryl methyl sites for hydroxylation is 3. The van der Waals surface area contributed by atoms with Crippen molar-refractivity contribution in [2.75, 3.05) is 11.5 Å². The van der Waals surface area contributed by atoms with Gasteiger partial charge < -0.3 is 14.6 Å². The normalized spacial score (nSPS) is 14.8. The number of amides is 1. The van der Waals surface area contributed by atoms with Crippen LogP contribution in [0.25, 0.3) is 0 Å². The fourth-order valence-corrected chi connectivity index (χ4v) is 6.47. The first-order valence-corrected chi connectivity index (χ1v) is 14.6. The summed E-state index contributed by atoms with van der Waals surface area (Å²) >= 11 is 2.13. The summed E-state index contributed by atoms with van der Waals surface area (Å²) in [6.45, 7) is 9.00. The molecule has 42 heavy (non-hydrogen) atoms. The standard InChI is InChI=1S/C31H27N3O6S2/c1-5-14-39-30(38)28-18(3)33-31(42-28)34-24(21-12-9-13-22(15-21)40-16-20-10-7-6-8-11-20)23(26(36)29(34)37)25(35)27-17(2)32-19(4)41-27/h5-13,15,24,36H,1,14,16H2,2-4H3. The van der Waals surface area contributed by atoms with Crippen LogP contribution >= 0.6 is 22.7 Å². The van der Waals surface area contributed by atoms with E-state index in [9.17, 15) is 19.5 Å². The third-order valence-corrected chi connectivity index (χ3v) is 8.70. The summed E-state index contributed by atoms with van der Waals surface area (Å²) in [5, 5.41) is 12.0. The molecule has 214 valence electrons. The Morgan fingerprint density at radius 2 is 1.76 bits per heavy atom. The van der Waals surface area contributed by atoms with E-state index in [0.29, 0.717) is 39.2 Å². The zero-order valence-corrected chi connectivity index (χ0v) is 24.8. The van der Waals surface area contributed by atoms with E-state index in [4.69, 9.17) is 9.47 Å². The Balaban J connectivity index is 1.58. The molecule has 3 heterocycles. The van der Waals surface area contributed by atoms with Gasteiger partial charge in [-0.25, -0.2) is 14.8 Å². The van der Waals surface area contributed by atoms with Gasteiger partial charge in [0.25, 0.3) is 5.91 Å². The van der Waals surface area contributed by atoms with Crippen LogP contribution in [0.2, 0.25) is 0 Å². The summed E-state index contributed by atoms with van der Waals surface area (Å²) in [5.41, 5.74) is 2.24. The predicted octanol–water partition coefficient (Wildman–Crippen LogP) is 6.23. The van der Waals surface area contributed by atoms with Crippen LogP contribution in [0.3, 0.4) is 0 Å². The van der Waals surface area contributed by atoms with Crippen molar-refractivity contribution in [1.29, 1.82) is 0 Å². The number of ketones is 1. The maximum absolute atomic E-state index is 13.9. The molecule has 5 rings (SSSR count). The van der Waals surface area contributed by atoms with Gasteiger partial charge in [0, 0.05) is 0 Å². The summed E-state index contributed by atoms with van der Waals surface area (Å²) in [5.74, 6) is -2.10. The van der Waals surface area contributed by atoms with Gasteiger partial charge in [-0.1, -0.05) is 66.5 Å². The van der Waals surface area contributed by atoms with Crippen LogP contribution in [-0.2, 0) is 16.1 Å². The van der Waals surface area contributed by atoms with Gasteiger partial charge in [-0.3, -0.25) is 14.5 Å². The molecule has 1 N–H and O–H groups in total. The molecule has 0 fully saturated rings. The Morgan fingerprint density at radius 1 is 1.02 bits per heavy atom. The number of rotatable bonds is 10. The molecule has 4 aromatic rings. The van der Waals surface area contributed by atoms with Gasteiger partial charge in [0.1, 0.15) is 23.8 Å². The number of aromatic nitrogens is 2. The number of anilines is 1. The average molecular weight is 602 g/mol. The van der Waals surface area contributed by atoms with E-state index in [1.807, 2.05) is 30.3 Å². The molecule has 1 amide bonds. The summed E-state index contributed by atoms with van der Waals surface area (Å²) < 4.78 is 11.2. The van der Waals surface area contributed by atoms with Gasteiger partial charge in [0.15, 0.2) is 10.9 Å². The Kier molecular flexibility index (Phi) is 8.32. The minimum atomic E-state index is -1.05. The highest BCUT2D eigenvalue weighted by atomic mass is 32.1. The van der Waals surface area contributed by atoms with Crippen LogP contribution in [0.4, 0.5) is 5.13 Å². The first-order chi connectivity index (χ1) is 20.2. The second kappa shape index (κ2) is 12.1. The van der Waals surface area contributed by atoms with Crippen molar-refractivity contribution in [2.45, 2.75) is 33.4 Å². The second-order valence-electron chi connectivity index (χ2n) is 9.46. The van der Waals surface area contributed by atoms with Crippen LogP contribution in [0.1, 0.15) is 52.9 Å². The quantitative estimate of drug-likeness (QED) is 0.129. The maximum atomic E-state index is 13.9. The largest absolute Gasteiger partial charge is 0.503 e. The Labute approximate surface area is 250 Å². The maximum Gasteiger partial charge on any atom is 0.350 e. The molecular formula is C31H27N3O6S2. The number of thiazole rings is 2. The molecule has 0 bridgehead atoms. The predicted molar refractivity (Wildman–Crippen MR) is 160 cm³/mol. The fourth-order valence-electron chi connectivity index (χ4n) is 4.60. The molecule has 1 aliphatic rings. The fraction of sp³-hybridized carbons (Fsp3) is 0.194. The van der Waals surface area contributed by atoms with Crippen molar-refractivity contribution < 1.29 is 29.0 Å². The van der Waals surface area contributed by atoms with Crippen LogP contribution in [0, 0.1) is 20.8 Å². The van der Waals surface area contributed by atoms with E-state index in [-0.39, 0.29) is 22.2 Å². The first-order valence-electron chi connectivity index (χ1n) is 13.0. The number of ether oxygens (including phenoxy) is 2. The number of benzene rings is 2. The van der Waals surface area contributed by atoms with E-state index >= 15 is 0 Å². The van der Waals surface area contributed by atoms with E-state index < -0.39 is 29.5 Å². The lowest BCUT2D eigenvalue weighted by atomic mass is 9.95. The second-order valence-corrected chi connectivity index (χ2v) is 11.6. The Hall–Kier alpha value is -4.61. The Morgan fingerprint density at radius 3 is 2.45 bits per heavy atom. The SMILES string of the molecule is C=CCOC(=O)c1sc(N2C(=O)C(O)=C(C(=O)c3sc(C)nc3C)C2c2cccc(OCc3ccccc3)c2)nc1C. The van der Waals surface area contributed by atoms with E-state index in [1.165, 1.54) is 22.3 Å². The van der Waals surface area contributed by atoms with E-state index in [2.05, 4.69) is 16.5 Å². The van der Waals surface area contributed by atoms with Crippen molar-refractivity contribution in [3.05, 3.63) is 116 Å². The number of aliphatic hydroxyl groups is 1. The number of hydrogen-bond acceptors (Lipinski definition) is 10. The van der Waals surface area contributed by atoms with Gasteiger partial charge >= 0.3 is 5.97 Å². The highest BCUT2D eigenvalue weighted by Crippen LogP contribution is 2.45. The minimum Gasteiger partial charge on any atom is -0.503 e. The van der Waals surface area contributed by atoms with Crippen molar-refractivity contribution in [3.63, 3.8) is 0 Å². The lowest BCUT2D eigenvalue weighted by Crippen LogP contribution is -2.31. The van der Waals surface area contributed by atoms with Crippen LogP contribution in [0.5, 0.6) is 5.75 Å². The highest BCUT2D eigenvalue weighted by molar-refractivity contribution is 7.17. The average Bonchev–Trinajstić information content (AvgIpc) is 3.62. The molecule has 0 saturated heterocycles. The van der Waals surface area contributed by atoms with Crippen LogP contribution in [-0.4, -0.2) is 39.3 Å². The molecule has 2 aromatic heterocycles. The van der Waals surface area contributed by atoms with Gasteiger partial charge in [0.05, 0.1) is 32.9 Å². The lowest BCUT2D eigenvalue weighted by molar-refractivity contribution is -0.117. The lowest BCUT2D eigenvalue weighted by Gasteiger charge is -2.25. The molecule has 0 saturated carbocycles. The zero-order chi connectivity index (χ0) is 30.0. The van der Waals surface area contributed by atoms with Gasteiger partial charge in [0.2, 0.25) is 5.78 Å². The Bertz CT molecular complexity index is 1720. The van der Waals surface area contributed by atoms with Crippen LogP contribution in [0.15, 0.2) is 78.6 Å². The van der Waals surface area contributed by atoms with Crippen molar-refractivity contribution in [2.24, 2.45) is 0 Å². The zero-order valence-electron chi connectivity index (χ0n) is 23.1. The van der Waals surface area contributed by atoms with Crippen molar-refractivity contribution >= 4 is 45.5 Å². The number of Topliss-reactive ketones (excluding diaryl/α,β-unsaturated/α-hetero) is 1. The number of aliphatic hydroxyl groups excluding tert-OH is 1. The number of nitrogens with zero attached hydrogens (tertiary/aromatic N) is 3. The molecule has 11 heteroatoms. The highest BCUT2D eigenvalue weighted by Gasteiger charge is 2.47. The van der Waals surface area contributed by atoms with E-state index in [0.717, 1.165) is 16.9 Å². The number of esters is 1. The van der Waals surface area contributed by atoms with Crippen molar-refractivity contribution in [3.8, 4) is 5.75 Å². The first kappa shape index (κ1) is 28.9. The molecule has 1 aliphatic heterocycles. The molecule has 0 spiro atoms. The molecule has 1 atom stereocenters. The topological polar surface area (TPSA) is 119 Å². The molecule has 0 aliphatic carbocycles. The molecule has 9 nitrogen and oxygen atoms in total. The summed E-state index contributed by atoms with van der Waals surface area (Å²) in [7, 11) is 0. The summed E-state index contributed by atoms with van der Waals surface area (Å²) in [4.78, 5) is 50.8. The smallest absolute Gasteiger partial charge is 0.350 e. The monoisotopic (exact) mass is 601 g/mol. The van der Waals surface area contributed by atoms with E-state index in [1.54, 1.807) is 45.0 Å². The number of carbonyl (C=O) groups excluding carboxylic acids is 3. The number of carbonyl (C=O) groups is 3. The molecular weight excluding hydrogens is 574 g/mol. The van der Waals surface area contributed by atoms with Crippen molar-refractivity contribution in [1.82, 2.24) is 9.97 Å². The summed E-state index contributed by atoms with van der Waals surface area (Å²) in [6.07, 6.45) is 1.45. The third-order valence-electron chi connectivity index (χ3n) is 6.49. The molecule has 0 radical (unpaired) electrons. The molecule has 1 unspecified atom stereocenters. The van der Waals surface area contributed by atoms with Gasteiger partial charge in [-0.2, -0.15) is 0 Å². The van der Waals surface area contributed by atoms with Gasteiger partial charge in [-0.15, -0.1) is 11.3 Å². The van der Waals surface area contributed by atoms with Crippen LogP contribution < -0.4 is 9.64 Å². The number of hydrogen-bond donors (Lipinski definition) is 1.